The average Bonchev–Trinajstić information content (AvgIpc) is 3.23. The second kappa shape index (κ2) is 8.78. The van der Waals surface area contributed by atoms with Gasteiger partial charge in [-0.05, 0) is 25.0 Å². The van der Waals surface area contributed by atoms with Crippen molar-refractivity contribution in [3.8, 4) is 16.9 Å². The zero-order chi connectivity index (χ0) is 20.9. The van der Waals surface area contributed by atoms with Crippen molar-refractivity contribution in [1.82, 2.24) is 15.1 Å². The molecule has 152 valence electrons. The van der Waals surface area contributed by atoms with Crippen LogP contribution in [0.1, 0.15) is 18.4 Å². The minimum absolute atomic E-state index is 0.260. The molecular formula is C24H22N3O3-. The lowest BCUT2D eigenvalue weighted by Crippen LogP contribution is -2.43. The van der Waals surface area contributed by atoms with Crippen LogP contribution in [0.4, 0.5) is 0 Å². The average molecular weight is 400 g/mol. The van der Waals surface area contributed by atoms with Crippen LogP contribution < -0.4 is 10.4 Å². The van der Waals surface area contributed by atoms with Crippen molar-refractivity contribution in [2.75, 3.05) is 0 Å². The molecule has 30 heavy (non-hydrogen) atoms. The number of hydrogen-bond donors (Lipinski definition) is 1. The van der Waals surface area contributed by atoms with Crippen molar-refractivity contribution >= 4 is 11.9 Å². The molecule has 1 aliphatic carbocycles. The summed E-state index contributed by atoms with van der Waals surface area (Å²) in [6, 6.07) is 19.5. The Bertz CT molecular complexity index is 1060. The van der Waals surface area contributed by atoms with E-state index in [2.05, 4.69) is 5.32 Å². The molecule has 1 aromatic heterocycles. The molecule has 0 spiro atoms. The van der Waals surface area contributed by atoms with E-state index in [-0.39, 0.29) is 12.5 Å². The van der Waals surface area contributed by atoms with E-state index in [1.54, 1.807) is 10.8 Å². The summed E-state index contributed by atoms with van der Waals surface area (Å²) >= 11 is 0. The molecule has 1 N–H and O–H groups in total. The molecule has 2 atom stereocenters. The number of rotatable bonds is 6. The number of hydrogen-bond acceptors (Lipinski definition) is 4. The third-order valence-electron chi connectivity index (χ3n) is 5.38. The summed E-state index contributed by atoms with van der Waals surface area (Å²) < 4.78 is 1.79. The van der Waals surface area contributed by atoms with Gasteiger partial charge >= 0.3 is 0 Å². The highest BCUT2D eigenvalue weighted by molar-refractivity contribution is 5.84. The third kappa shape index (κ3) is 4.17. The third-order valence-corrected chi connectivity index (χ3v) is 5.38. The van der Waals surface area contributed by atoms with Crippen LogP contribution in [0.25, 0.3) is 16.9 Å². The Kier molecular flexibility index (Phi) is 5.75. The fourth-order valence-electron chi connectivity index (χ4n) is 3.77. The molecule has 0 fully saturated rings. The molecule has 1 heterocycles. The number of nitrogens with zero attached hydrogens (tertiary/aromatic N) is 2. The number of aliphatic carboxylic acids is 1. The summed E-state index contributed by atoms with van der Waals surface area (Å²) in [6.07, 6.45) is 6.27. The topological polar surface area (TPSA) is 87.0 Å². The number of nitrogens with one attached hydrogen (secondary N) is 1. The number of carbonyl (C=O) groups excluding carboxylic acids is 2. The SMILES string of the molecule is O=C([O-])C1CC=CCC1C(=O)NCc1cn(-c2ccccc2)nc1-c1ccccc1. The predicted molar refractivity (Wildman–Crippen MR) is 111 cm³/mol. The fourth-order valence-corrected chi connectivity index (χ4v) is 3.77. The van der Waals surface area contributed by atoms with Gasteiger partial charge in [-0.15, -0.1) is 0 Å². The highest BCUT2D eigenvalue weighted by atomic mass is 16.4. The Hall–Kier alpha value is -3.67. The van der Waals surface area contributed by atoms with Crippen LogP contribution in [0.5, 0.6) is 0 Å². The van der Waals surface area contributed by atoms with Crippen LogP contribution >= 0.6 is 0 Å². The molecule has 2 unspecified atom stereocenters. The van der Waals surface area contributed by atoms with Gasteiger partial charge in [-0.1, -0.05) is 60.7 Å². The first-order valence-corrected chi connectivity index (χ1v) is 9.96. The van der Waals surface area contributed by atoms with E-state index in [0.717, 1.165) is 22.5 Å². The second-order valence-electron chi connectivity index (χ2n) is 7.34. The Labute approximate surface area is 174 Å². The van der Waals surface area contributed by atoms with Gasteiger partial charge in [-0.25, -0.2) is 4.68 Å². The van der Waals surface area contributed by atoms with Crippen molar-refractivity contribution < 1.29 is 14.7 Å². The molecule has 0 bridgehead atoms. The second-order valence-corrected chi connectivity index (χ2v) is 7.34. The first-order valence-electron chi connectivity index (χ1n) is 9.96. The largest absolute Gasteiger partial charge is 0.550 e. The molecule has 0 saturated heterocycles. The quantitative estimate of drug-likeness (QED) is 0.644. The van der Waals surface area contributed by atoms with Crippen molar-refractivity contribution in [2.45, 2.75) is 19.4 Å². The maximum Gasteiger partial charge on any atom is 0.224 e. The van der Waals surface area contributed by atoms with Crippen molar-refractivity contribution in [3.05, 3.63) is 84.6 Å². The molecule has 6 heteroatoms. The molecule has 1 amide bonds. The first kappa shape index (κ1) is 19.6. The van der Waals surface area contributed by atoms with E-state index in [1.807, 2.05) is 72.9 Å². The summed E-state index contributed by atoms with van der Waals surface area (Å²) in [5.74, 6) is -2.87. The van der Waals surface area contributed by atoms with Crippen molar-refractivity contribution in [2.24, 2.45) is 11.8 Å². The molecule has 3 aromatic rings. The van der Waals surface area contributed by atoms with Gasteiger partial charge in [0.15, 0.2) is 0 Å². The van der Waals surface area contributed by atoms with Crippen LogP contribution in [-0.2, 0) is 16.1 Å². The van der Waals surface area contributed by atoms with Gasteiger partial charge in [-0.2, -0.15) is 5.10 Å². The lowest BCUT2D eigenvalue weighted by atomic mass is 9.82. The van der Waals surface area contributed by atoms with Gasteiger partial charge in [0, 0.05) is 41.7 Å². The number of carboxylic acids is 1. The molecule has 0 saturated carbocycles. The maximum atomic E-state index is 12.7. The number of carbonyl (C=O) groups is 2. The van der Waals surface area contributed by atoms with E-state index in [4.69, 9.17) is 5.10 Å². The van der Waals surface area contributed by atoms with E-state index >= 15 is 0 Å². The smallest absolute Gasteiger partial charge is 0.224 e. The monoisotopic (exact) mass is 400 g/mol. The van der Waals surface area contributed by atoms with E-state index in [9.17, 15) is 14.7 Å². The Morgan fingerprint density at radius 2 is 1.60 bits per heavy atom. The summed E-state index contributed by atoms with van der Waals surface area (Å²) in [6.45, 7) is 0.260. The van der Waals surface area contributed by atoms with Gasteiger partial charge in [0.05, 0.1) is 11.4 Å². The number of allylic oxidation sites excluding steroid dienone is 2. The van der Waals surface area contributed by atoms with Gasteiger partial charge in [-0.3, -0.25) is 4.79 Å². The molecule has 1 aliphatic rings. The van der Waals surface area contributed by atoms with Crippen molar-refractivity contribution in [1.29, 1.82) is 0 Å². The van der Waals surface area contributed by atoms with E-state index < -0.39 is 17.8 Å². The molecule has 2 aromatic carbocycles. The lowest BCUT2D eigenvalue weighted by molar-refractivity contribution is -0.313. The standard InChI is InChI=1S/C24H23N3O3/c28-23(20-13-7-8-14-21(20)24(29)30)25-15-18-16-27(19-11-5-2-6-12-19)26-22(18)17-9-3-1-4-10-17/h1-12,16,20-21H,13-15H2,(H,25,28)(H,29,30)/p-1. The number of benzene rings is 2. The van der Waals surface area contributed by atoms with Crippen molar-refractivity contribution in [3.63, 3.8) is 0 Å². The Morgan fingerprint density at radius 3 is 2.27 bits per heavy atom. The molecular weight excluding hydrogens is 378 g/mol. The number of amides is 1. The zero-order valence-corrected chi connectivity index (χ0v) is 16.4. The number of para-hydroxylation sites is 1. The van der Waals surface area contributed by atoms with Gasteiger partial charge in [0.1, 0.15) is 0 Å². The lowest BCUT2D eigenvalue weighted by Gasteiger charge is -2.28. The summed E-state index contributed by atoms with van der Waals surface area (Å²) in [5.41, 5.74) is 3.50. The van der Waals surface area contributed by atoms with Gasteiger partial charge < -0.3 is 15.2 Å². The number of aromatic nitrogens is 2. The normalized spacial score (nSPS) is 18.1. The molecule has 0 radical (unpaired) electrons. The zero-order valence-electron chi connectivity index (χ0n) is 16.4. The van der Waals surface area contributed by atoms with E-state index in [0.29, 0.717) is 12.8 Å². The van der Waals surface area contributed by atoms with Gasteiger partial charge in [0.25, 0.3) is 0 Å². The highest BCUT2D eigenvalue weighted by Crippen LogP contribution is 2.27. The number of carboxylic acid groups (broad SMARTS) is 1. The highest BCUT2D eigenvalue weighted by Gasteiger charge is 2.29. The molecule has 0 aliphatic heterocycles. The van der Waals surface area contributed by atoms with Gasteiger partial charge in [0.2, 0.25) is 5.91 Å². The van der Waals surface area contributed by atoms with Crippen LogP contribution in [-0.4, -0.2) is 21.7 Å². The molecule has 6 nitrogen and oxygen atoms in total. The Balaban J connectivity index is 1.58. The Morgan fingerprint density at radius 1 is 0.967 bits per heavy atom. The fraction of sp³-hybridized carbons (Fsp3) is 0.208. The predicted octanol–water partition coefficient (Wildman–Crippen LogP) is 2.49. The van der Waals surface area contributed by atoms with Crippen LogP contribution in [0.2, 0.25) is 0 Å². The minimum Gasteiger partial charge on any atom is -0.550 e. The van der Waals surface area contributed by atoms with Crippen LogP contribution in [0.3, 0.4) is 0 Å². The summed E-state index contributed by atoms with van der Waals surface area (Å²) in [7, 11) is 0. The summed E-state index contributed by atoms with van der Waals surface area (Å²) in [4.78, 5) is 24.2. The minimum atomic E-state index is -1.18. The summed E-state index contributed by atoms with van der Waals surface area (Å²) in [5, 5.41) is 19.1. The first-order chi connectivity index (χ1) is 14.6. The van der Waals surface area contributed by atoms with Crippen LogP contribution in [0, 0.1) is 11.8 Å². The molecule has 4 rings (SSSR count). The maximum absolute atomic E-state index is 12.7. The van der Waals surface area contributed by atoms with Crippen LogP contribution in [0.15, 0.2) is 79.0 Å². The van der Waals surface area contributed by atoms with E-state index in [1.165, 1.54) is 0 Å².